The Kier molecular flexibility index (Phi) is 5.77. The van der Waals surface area contributed by atoms with Crippen molar-refractivity contribution >= 4 is 5.91 Å². The van der Waals surface area contributed by atoms with Crippen LogP contribution in [0.1, 0.15) is 48.4 Å². The first-order valence-corrected chi connectivity index (χ1v) is 9.60. The number of rotatable bonds is 5. The molecule has 1 saturated heterocycles. The lowest BCUT2D eigenvalue weighted by atomic mass is 10.00. The first-order chi connectivity index (χ1) is 12.6. The van der Waals surface area contributed by atoms with E-state index in [1.54, 1.807) is 0 Å². The summed E-state index contributed by atoms with van der Waals surface area (Å²) in [5.41, 5.74) is 5.09. The Morgan fingerprint density at radius 1 is 1.31 bits per heavy atom. The van der Waals surface area contributed by atoms with Gasteiger partial charge in [0.15, 0.2) is 0 Å². The molecule has 5 nitrogen and oxygen atoms in total. The van der Waals surface area contributed by atoms with Gasteiger partial charge < -0.3 is 9.64 Å². The maximum atomic E-state index is 13.1. The largest absolute Gasteiger partial charge is 0.377 e. The number of aryl methyl sites for hydroxylation is 2. The molecule has 3 rings (SSSR count). The summed E-state index contributed by atoms with van der Waals surface area (Å²) in [6.45, 7) is 11.1. The third-order valence-electron chi connectivity index (χ3n) is 5.19. The summed E-state index contributed by atoms with van der Waals surface area (Å²) in [7, 11) is 0. The van der Waals surface area contributed by atoms with Gasteiger partial charge in [0.1, 0.15) is 0 Å². The summed E-state index contributed by atoms with van der Waals surface area (Å²) in [5.74, 6) is 0.104. The van der Waals surface area contributed by atoms with Crippen molar-refractivity contribution in [2.75, 3.05) is 19.8 Å². The van der Waals surface area contributed by atoms with Crippen LogP contribution in [-0.2, 0) is 11.3 Å². The van der Waals surface area contributed by atoms with Gasteiger partial charge in [-0.2, -0.15) is 5.10 Å². The van der Waals surface area contributed by atoms with Crippen molar-refractivity contribution in [2.24, 2.45) is 0 Å². The molecular formula is C21H29N3O2. The molecule has 26 heavy (non-hydrogen) atoms. The number of carbonyl (C=O) groups is 1. The highest BCUT2D eigenvalue weighted by molar-refractivity contribution is 5.96. The monoisotopic (exact) mass is 355 g/mol. The minimum absolute atomic E-state index is 0.104. The highest BCUT2D eigenvalue weighted by Crippen LogP contribution is 2.28. The quantitative estimate of drug-likeness (QED) is 0.819. The van der Waals surface area contributed by atoms with E-state index < -0.39 is 0 Å². The molecule has 2 aromatic rings. The summed E-state index contributed by atoms with van der Waals surface area (Å²) < 4.78 is 7.60. The minimum Gasteiger partial charge on any atom is -0.377 e. The van der Waals surface area contributed by atoms with Crippen molar-refractivity contribution in [3.8, 4) is 11.1 Å². The Morgan fingerprint density at radius 3 is 2.81 bits per heavy atom. The standard InChI is InChI=1S/C21H29N3O2/c1-5-8-19-14-26-12-11-23(19)21(25)18-10-7-9-17(13-18)20-15(3)22-24(6-2)16(20)4/h7,9-10,13,19H,5-6,8,11-12,14H2,1-4H3. The molecule has 1 aliphatic heterocycles. The van der Waals surface area contributed by atoms with E-state index in [0.717, 1.165) is 47.5 Å². The van der Waals surface area contributed by atoms with E-state index in [1.165, 1.54) is 0 Å². The zero-order valence-corrected chi connectivity index (χ0v) is 16.3. The molecule has 1 unspecified atom stereocenters. The van der Waals surface area contributed by atoms with Crippen molar-refractivity contribution in [3.05, 3.63) is 41.2 Å². The average Bonchev–Trinajstić information content (AvgIpc) is 2.95. The van der Waals surface area contributed by atoms with E-state index >= 15 is 0 Å². The predicted octanol–water partition coefficient (Wildman–Crippen LogP) is 3.83. The van der Waals surface area contributed by atoms with E-state index in [1.807, 2.05) is 34.7 Å². The normalized spacial score (nSPS) is 17.5. The number of hydrogen-bond acceptors (Lipinski definition) is 3. The number of aromatic nitrogens is 2. The second kappa shape index (κ2) is 8.04. The molecule has 5 heteroatoms. The van der Waals surface area contributed by atoms with Crippen LogP contribution >= 0.6 is 0 Å². The molecule has 1 fully saturated rings. The Hall–Kier alpha value is -2.14. The summed E-state index contributed by atoms with van der Waals surface area (Å²) in [5, 5.41) is 4.61. The number of benzene rings is 1. The number of ether oxygens (including phenoxy) is 1. The minimum atomic E-state index is 0.104. The molecule has 1 aliphatic rings. The Bertz CT molecular complexity index is 780. The molecule has 0 bridgehead atoms. The van der Waals surface area contributed by atoms with Crippen molar-refractivity contribution < 1.29 is 9.53 Å². The van der Waals surface area contributed by atoms with E-state index in [4.69, 9.17) is 4.74 Å². The van der Waals surface area contributed by atoms with Crippen LogP contribution in [0.5, 0.6) is 0 Å². The Balaban J connectivity index is 1.92. The van der Waals surface area contributed by atoms with Gasteiger partial charge in [-0.05, 0) is 44.9 Å². The second-order valence-corrected chi connectivity index (χ2v) is 6.96. The van der Waals surface area contributed by atoms with Crippen LogP contribution < -0.4 is 0 Å². The Morgan fingerprint density at radius 2 is 2.12 bits per heavy atom. The molecule has 140 valence electrons. The van der Waals surface area contributed by atoms with Crippen LogP contribution in [0, 0.1) is 13.8 Å². The molecule has 0 radical (unpaired) electrons. The molecule has 1 aromatic heterocycles. The van der Waals surface area contributed by atoms with Gasteiger partial charge in [-0.1, -0.05) is 25.5 Å². The number of nitrogens with zero attached hydrogens (tertiary/aromatic N) is 3. The molecular weight excluding hydrogens is 326 g/mol. The third kappa shape index (κ3) is 3.54. The van der Waals surface area contributed by atoms with Crippen LogP contribution in [0.15, 0.2) is 24.3 Å². The molecule has 0 saturated carbocycles. The van der Waals surface area contributed by atoms with Gasteiger partial charge in [0, 0.05) is 29.9 Å². The second-order valence-electron chi connectivity index (χ2n) is 6.96. The van der Waals surface area contributed by atoms with E-state index in [2.05, 4.69) is 31.9 Å². The fourth-order valence-electron chi connectivity index (χ4n) is 3.89. The van der Waals surface area contributed by atoms with Crippen molar-refractivity contribution in [1.29, 1.82) is 0 Å². The smallest absolute Gasteiger partial charge is 0.254 e. The summed E-state index contributed by atoms with van der Waals surface area (Å²) >= 11 is 0. The van der Waals surface area contributed by atoms with Crippen molar-refractivity contribution in [3.63, 3.8) is 0 Å². The van der Waals surface area contributed by atoms with Crippen LogP contribution in [-0.4, -0.2) is 46.4 Å². The summed E-state index contributed by atoms with van der Waals surface area (Å²) in [4.78, 5) is 15.1. The summed E-state index contributed by atoms with van der Waals surface area (Å²) in [6, 6.07) is 8.14. The first-order valence-electron chi connectivity index (χ1n) is 9.60. The van der Waals surface area contributed by atoms with Crippen LogP contribution in [0.2, 0.25) is 0 Å². The highest BCUT2D eigenvalue weighted by Gasteiger charge is 2.27. The zero-order valence-electron chi connectivity index (χ0n) is 16.3. The van der Waals surface area contributed by atoms with Crippen LogP contribution in [0.4, 0.5) is 0 Å². The number of hydrogen-bond donors (Lipinski definition) is 0. The number of amides is 1. The molecule has 0 spiro atoms. The number of morpholine rings is 1. The van der Waals surface area contributed by atoms with Gasteiger partial charge in [0.05, 0.1) is 24.9 Å². The highest BCUT2D eigenvalue weighted by atomic mass is 16.5. The van der Waals surface area contributed by atoms with Gasteiger partial charge in [-0.15, -0.1) is 0 Å². The molecule has 0 N–H and O–H groups in total. The van der Waals surface area contributed by atoms with Crippen molar-refractivity contribution in [2.45, 2.75) is 53.1 Å². The van der Waals surface area contributed by atoms with Crippen LogP contribution in [0.25, 0.3) is 11.1 Å². The topological polar surface area (TPSA) is 47.4 Å². The average molecular weight is 355 g/mol. The molecule has 1 aromatic carbocycles. The van der Waals surface area contributed by atoms with Gasteiger partial charge in [0.25, 0.3) is 5.91 Å². The van der Waals surface area contributed by atoms with E-state index in [9.17, 15) is 4.79 Å². The zero-order chi connectivity index (χ0) is 18.7. The molecule has 0 aliphatic carbocycles. The van der Waals surface area contributed by atoms with Crippen LogP contribution in [0.3, 0.4) is 0 Å². The Labute approximate surface area is 156 Å². The fraction of sp³-hybridized carbons (Fsp3) is 0.524. The summed E-state index contributed by atoms with van der Waals surface area (Å²) in [6.07, 6.45) is 2.03. The van der Waals surface area contributed by atoms with E-state index in [0.29, 0.717) is 19.8 Å². The molecule has 1 atom stereocenters. The van der Waals surface area contributed by atoms with Gasteiger partial charge >= 0.3 is 0 Å². The van der Waals surface area contributed by atoms with E-state index in [-0.39, 0.29) is 11.9 Å². The van der Waals surface area contributed by atoms with Crippen molar-refractivity contribution in [1.82, 2.24) is 14.7 Å². The molecule has 2 heterocycles. The maximum Gasteiger partial charge on any atom is 0.254 e. The lowest BCUT2D eigenvalue weighted by Gasteiger charge is -2.35. The first kappa shape index (κ1) is 18.6. The lowest BCUT2D eigenvalue weighted by molar-refractivity contribution is -0.00433. The molecule has 1 amide bonds. The predicted molar refractivity (Wildman–Crippen MR) is 103 cm³/mol. The lowest BCUT2D eigenvalue weighted by Crippen LogP contribution is -2.48. The van der Waals surface area contributed by atoms with Gasteiger partial charge in [0.2, 0.25) is 0 Å². The number of carbonyl (C=O) groups excluding carboxylic acids is 1. The SMILES string of the molecule is CCCC1COCCN1C(=O)c1cccc(-c2c(C)nn(CC)c2C)c1. The fourth-order valence-corrected chi connectivity index (χ4v) is 3.89. The van der Waals surface area contributed by atoms with Gasteiger partial charge in [-0.3, -0.25) is 9.48 Å². The third-order valence-corrected chi connectivity index (χ3v) is 5.19. The van der Waals surface area contributed by atoms with Gasteiger partial charge in [-0.25, -0.2) is 0 Å². The maximum absolute atomic E-state index is 13.1.